The first kappa shape index (κ1) is 17.8. The van der Waals surface area contributed by atoms with Crippen molar-refractivity contribution in [2.45, 2.75) is 45.4 Å². The Hall–Kier alpha value is -1.59. The molecule has 0 spiro atoms. The summed E-state index contributed by atoms with van der Waals surface area (Å²) in [5.41, 5.74) is 2.67. The molecular weight excluding hydrogens is 290 g/mol. The zero-order valence-corrected chi connectivity index (χ0v) is 14.5. The van der Waals surface area contributed by atoms with Crippen LogP contribution < -0.4 is 10.6 Å². The third kappa shape index (κ3) is 6.20. The first-order valence-electron chi connectivity index (χ1n) is 8.42. The second-order valence-electron chi connectivity index (χ2n) is 6.44. The smallest absolute Gasteiger partial charge is 0.315 e. The molecule has 0 aliphatic carbocycles. The van der Waals surface area contributed by atoms with Crippen LogP contribution in [0.5, 0.6) is 0 Å². The molecule has 1 unspecified atom stereocenters. The first-order valence-corrected chi connectivity index (χ1v) is 8.42. The average molecular weight is 319 g/mol. The fraction of sp³-hybridized carbons (Fsp3) is 0.611. The monoisotopic (exact) mass is 319 g/mol. The van der Waals surface area contributed by atoms with Crippen molar-refractivity contribution < 1.29 is 9.53 Å². The number of rotatable bonds is 6. The van der Waals surface area contributed by atoms with Gasteiger partial charge in [-0.3, -0.25) is 4.90 Å². The van der Waals surface area contributed by atoms with Crippen molar-refractivity contribution in [2.75, 3.05) is 26.7 Å². The van der Waals surface area contributed by atoms with Gasteiger partial charge in [0, 0.05) is 39.3 Å². The minimum Gasteiger partial charge on any atom is -0.380 e. The number of carbonyl (C=O) groups excluding carboxylic acids is 1. The van der Waals surface area contributed by atoms with Crippen LogP contribution in [0.3, 0.4) is 0 Å². The van der Waals surface area contributed by atoms with Crippen LogP contribution in [0, 0.1) is 6.92 Å². The van der Waals surface area contributed by atoms with Crippen molar-refractivity contribution in [1.82, 2.24) is 15.5 Å². The van der Waals surface area contributed by atoms with Crippen molar-refractivity contribution in [1.29, 1.82) is 0 Å². The molecule has 0 bridgehead atoms. The van der Waals surface area contributed by atoms with Gasteiger partial charge in [-0.1, -0.05) is 29.8 Å². The molecular formula is C18H29N3O2. The SMILES string of the molecule is COC(C)CNC(=O)NC1CCN(Cc2cccc(C)c2)CC1. The quantitative estimate of drug-likeness (QED) is 0.846. The van der Waals surface area contributed by atoms with Crippen molar-refractivity contribution in [3.05, 3.63) is 35.4 Å². The number of ether oxygens (including phenoxy) is 1. The lowest BCUT2D eigenvalue weighted by Crippen LogP contribution is -2.48. The molecule has 1 saturated heterocycles. The fourth-order valence-electron chi connectivity index (χ4n) is 2.86. The number of piperidine rings is 1. The maximum atomic E-state index is 11.9. The molecule has 5 heteroatoms. The van der Waals surface area contributed by atoms with Crippen LogP contribution in [-0.4, -0.2) is 49.8 Å². The predicted octanol–water partition coefficient (Wildman–Crippen LogP) is 2.29. The fourth-order valence-corrected chi connectivity index (χ4v) is 2.86. The van der Waals surface area contributed by atoms with Gasteiger partial charge in [-0.05, 0) is 32.3 Å². The van der Waals surface area contributed by atoms with Gasteiger partial charge >= 0.3 is 6.03 Å². The van der Waals surface area contributed by atoms with Crippen LogP contribution in [0.2, 0.25) is 0 Å². The highest BCUT2D eigenvalue weighted by molar-refractivity contribution is 5.74. The molecule has 2 amide bonds. The second-order valence-corrected chi connectivity index (χ2v) is 6.44. The summed E-state index contributed by atoms with van der Waals surface area (Å²) in [5, 5.41) is 5.91. The Labute approximate surface area is 139 Å². The molecule has 0 radical (unpaired) electrons. The van der Waals surface area contributed by atoms with E-state index in [1.165, 1.54) is 11.1 Å². The minimum absolute atomic E-state index is 0.0388. The van der Waals surface area contributed by atoms with Gasteiger partial charge in [-0.2, -0.15) is 0 Å². The summed E-state index contributed by atoms with van der Waals surface area (Å²) < 4.78 is 5.12. The maximum Gasteiger partial charge on any atom is 0.315 e. The Kier molecular flexibility index (Phi) is 6.86. The Morgan fingerprint density at radius 1 is 1.39 bits per heavy atom. The molecule has 1 aromatic carbocycles. The molecule has 128 valence electrons. The lowest BCUT2D eigenvalue weighted by Gasteiger charge is -2.32. The van der Waals surface area contributed by atoms with E-state index in [9.17, 15) is 4.79 Å². The van der Waals surface area contributed by atoms with E-state index >= 15 is 0 Å². The number of benzene rings is 1. The summed E-state index contributed by atoms with van der Waals surface area (Å²) in [6.07, 6.45) is 2.04. The summed E-state index contributed by atoms with van der Waals surface area (Å²) in [6.45, 7) is 7.63. The van der Waals surface area contributed by atoms with Crippen molar-refractivity contribution in [2.24, 2.45) is 0 Å². The van der Waals surface area contributed by atoms with Crippen LogP contribution in [0.25, 0.3) is 0 Å². The molecule has 1 fully saturated rings. The molecule has 1 heterocycles. The van der Waals surface area contributed by atoms with Crippen molar-refractivity contribution >= 4 is 6.03 Å². The number of nitrogens with zero attached hydrogens (tertiary/aromatic N) is 1. The van der Waals surface area contributed by atoms with E-state index in [0.717, 1.165) is 32.5 Å². The normalized spacial score (nSPS) is 17.7. The number of amides is 2. The molecule has 5 nitrogen and oxygen atoms in total. The predicted molar refractivity (Wildman–Crippen MR) is 92.5 cm³/mol. The standard InChI is InChI=1S/C18H29N3O2/c1-14-5-4-6-16(11-14)13-21-9-7-17(8-10-21)20-18(22)19-12-15(2)23-3/h4-6,11,15,17H,7-10,12-13H2,1-3H3,(H2,19,20,22). The summed E-state index contributed by atoms with van der Waals surface area (Å²) in [5.74, 6) is 0. The molecule has 1 aromatic rings. The van der Waals surface area contributed by atoms with E-state index in [0.29, 0.717) is 6.54 Å². The van der Waals surface area contributed by atoms with Crippen LogP contribution in [0.1, 0.15) is 30.9 Å². The Bertz CT molecular complexity index is 499. The van der Waals surface area contributed by atoms with Gasteiger partial charge in [0.15, 0.2) is 0 Å². The molecule has 1 atom stereocenters. The van der Waals surface area contributed by atoms with Crippen molar-refractivity contribution in [3.63, 3.8) is 0 Å². The number of hydrogen-bond donors (Lipinski definition) is 2. The van der Waals surface area contributed by atoms with E-state index in [1.54, 1.807) is 7.11 Å². The second kappa shape index (κ2) is 8.89. The van der Waals surface area contributed by atoms with Gasteiger partial charge in [0.1, 0.15) is 0 Å². The van der Waals surface area contributed by atoms with Gasteiger partial charge in [-0.15, -0.1) is 0 Å². The number of likely N-dealkylation sites (tertiary alicyclic amines) is 1. The Balaban J connectivity index is 1.68. The summed E-state index contributed by atoms with van der Waals surface area (Å²) in [6, 6.07) is 8.84. The minimum atomic E-state index is -0.0916. The van der Waals surface area contributed by atoms with E-state index in [1.807, 2.05) is 6.92 Å². The van der Waals surface area contributed by atoms with Gasteiger partial charge < -0.3 is 15.4 Å². The summed E-state index contributed by atoms with van der Waals surface area (Å²) in [4.78, 5) is 14.3. The van der Waals surface area contributed by atoms with Crippen LogP contribution in [0.15, 0.2) is 24.3 Å². The van der Waals surface area contributed by atoms with Crippen LogP contribution >= 0.6 is 0 Å². The molecule has 0 saturated carbocycles. The van der Waals surface area contributed by atoms with Gasteiger partial charge in [0.2, 0.25) is 0 Å². The molecule has 2 N–H and O–H groups in total. The van der Waals surface area contributed by atoms with Gasteiger partial charge in [0.05, 0.1) is 6.10 Å². The molecule has 0 aromatic heterocycles. The number of hydrogen-bond acceptors (Lipinski definition) is 3. The van der Waals surface area contributed by atoms with Crippen LogP contribution in [0.4, 0.5) is 4.79 Å². The zero-order valence-electron chi connectivity index (χ0n) is 14.5. The third-order valence-corrected chi connectivity index (χ3v) is 4.36. The van der Waals surface area contributed by atoms with E-state index in [2.05, 4.69) is 46.7 Å². The highest BCUT2D eigenvalue weighted by Crippen LogP contribution is 2.14. The average Bonchev–Trinajstić information content (AvgIpc) is 2.54. The number of aryl methyl sites for hydroxylation is 1. The molecule has 23 heavy (non-hydrogen) atoms. The topological polar surface area (TPSA) is 53.6 Å². The summed E-state index contributed by atoms with van der Waals surface area (Å²) >= 11 is 0. The largest absolute Gasteiger partial charge is 0.380 e. The highest BCUT2D eigenvalue weighted by Gasteiger charge is 2.20. The first-order chi connectivity index (χ1) is 11.1. The summed E-state index contributed by atoms with van der Waals surface area (Å²) in [7, 11) is 1.65. The number of nitrogens with one attached hydrogen (secondary N) is 2. The Morgan fingerprint density at radius 3 is 2.78 bits per heavy atom. The third-order valence-electron chi connectivity index (χ3n) is 4.36. The molecule has 1 aliphatic heterocycles. The van der Waals surface area contributed by atoms with Gasteiger partial charge in [0.25, 0.3) is 0 Å². The van der Waals surface area contributed by atoms with Crippen LogP contribution in [-0.2, 0) is 11.3 Å². The zero-order chi connectivity index (χ0) is 16.7. The lowest BCUT2D eigenvalue weighted by atomic mass is 10.0. The van der Waals surface area contributed by atoms with E-state index < -0.39 is 0 Å². The number of methoxy groups -OCH3 is 1. The Morgan fingerprint density at radius 2 is 2.13 bits per heavy atom. The van der Waals surface area contributed by atoms with E-state index in [4.69, 9.17) is 4.74 Å². The number of urea groups is 1. The molecule has 2 rings (SSSR count). The van der Waals surface area contributed by atoms with Crippen molar-refractivity contribution in [3.8, 4) is 0 Å². The van der Waals surface area contributed by atoms with Gasteiger partial charge in [-0.25, -0.2) is 4.79 Å². The maximum absolute atomic E-state index is 11.9. The van der Waals surface area contributed by atoms with E-state index in [-0.39, 0.29) is 18.2 Å². The highest BCUT2D eigenvalue weighted by atomic mass is 16.5. The number of carbonyl (C=O) groups is 1. The molecule has 1 aliphatic rings. The lowest BCUT2D eigenvalue weighted by molar-refractivity contribution is 0.118.